The highest BCUT2D eigenvalue weighted by Gasteiger charge is 2.27. The molecule has 1 aliphatic carbocycles. The minimum atomic E-state index is -3.71. The molecule has 0 bridgehead atoms. The van der Waals surface area contributed by atoms with Crippen molar-refractivity contribution < 1.29 is 8.42 Å². The van der Waals surface area contributed by atoms with E-state index in [1.165, 1.54) is 29.3 Å². The second kappa shape index (κ2) is 5.97. The number of benzene rings is 2. The molecule has 1 aliphatic rings. The molecular weight excluding hydrogens is 332 g/mol. The predicted octanol–water partition coefficient (Wildman–Crippen LogP) is 3.49. The molecule has 1 N–H and O–H groups in total. The van der Waals surface area contributed by atoms with Crippen molar-refractivity contribution in [3.63, 3.8) is 0 Å². The van der Waals surface area contributed by atoms with Crippen molar-refractivity contribution in [3.05, 3.63) is 63.7 Å². The molecule has 0 amide bonds. The van der Waals surface area contributed by atoms with Crippen molar-refractivity contribution in [2.75, 3.05) is 0 Å². The Morgan fingerprint density at radius 3 is 2.78 bits per heavy atom. The number of sulfonamides is 1. The highest BCUT2D eigenvalue weighted by atomic mass is 35.5. The summed E-state index contributed by atoms with van der Waals surface area (Å²) in [6, 6.07) is 11.9. The summed E-state index contributed by atoms with van der Waals surface area (Å²) < 4.78 is 27.9. The van der Waals surface area contributed by atoms with Gasteiger partial charge in [0.15, 0.2) is 0 Å². The first-order chi connectivity index (χ1) is 10.9. The Bertz CT molecular complexity index is 917. The highest BCUT2D eigenvalue weighted by Crippen LogP contribution is 2.33. The Morgan fingerprint density at radius 2 is 2.04 bits per heavy atom. The van der Waals surface area contributed by atoms with Crippen LogP contribution >= 0.6 is 11.6 Å². The van der Waals surface area contributed by atoms with Gasteiger partial charge in [0.25, 0.3) is 0 Å². The number of fused-ring (bicyclic) bond motifs is 1. The maximum absolute atomic E-state index is 12.6. The molecule has 2 aromatic carbocycles. The van der Waals surface area contributed by atoms with Gasteiger partial charge in [0.2, 0.25) is 10.0 Å². The van der Waals surface area contributed by atoms with Gasteiger partial charge in [-0.15, -0.1) is 0 Å². The average molecular weight is 347 g/mol. The Morgan fingerprint density at radius 1 is 1.26 bits per heavy atom. The van der Waals surface area contributed by atoms with E-state index in [1.807, 2.05) is 25.1 Å². The Balaban J connectivity index is 1.91. The van der Waals surface area contributed by atoms with Gasteiger partial charge in [0, 0.05) is 6.04 Å². The fraction of sp³-hybridized carbons (Fsp3) is 0.235. The summed E-state index contributed by atoms with van der Waals surface area (Å²) in [6.07, 6.45) is 1.59. The summed E-state index contributed by atoms with van der Waals surface area (Å²) in [5.74, 6) is 0. The number of rotatable bonds is 3. The lowest BCUT2D eigenvalue weighted by Crippen LogP contribution is -2.27. The summed E-state index contributed by atoms with van der Waals surface area (Å²) >= 11 is 5.86. The molecule has 118 valence electrons. The van der Waals surface area contributed by atoms with Gasteiger partial charge in [-0.2, -0.15) is 5.26 Å². The molecular formula is C17H15ClN2O2S. The van der Waals surface area contributed by atoms with E-state index in [2.05, 4.69) is 10.8 Å². The highest BCUT2D eigenvalue weighted by molar-refractivity contribution is 7.89. The molecule has 4 nitrogen and oxygen atoms in total. The molecule has 0 aromatic heterocycles. The second-order valence-electron chi connectivity index (χ2n) is 5.67. The first kappa shape index (κ1) is 16.0. The summed E-state index contributed by atoms with van der Waals surface area (Å²) in [5.41, 5.74) is 3.53. The molecule has 0 saturated carbocycles. The fourth-order valence-electron chi connectivity index (χ4n) is 2.88. The molecule has 0 radical (unpaired) electrons. The SMILES string of the molecule is Cc1ccc2c(c1)CCC2NS(=O)(=O)c1ccc(Cl)c(C#N)c1. The van der Waals surface area contributed by atoms with Crippen molar-refractivity contribution in [3.8, 4) is 6.07 Å². The average Bonchev–Trinajstić information content (AvgIpc) is 2.89. The molecule has 0 spiro atoms. The van der Waals surface area contributed by atoms with Gasteiger partial charge in [-0.1, -0.05) is 35.4 Å². The third kappa shape index (κ3) is 3.11. The van der Waals surface area contributed by atoms with Crippen LogP contribution < -0.4 is 4.72 Å². The van der Waals surface area contributed by atoms with Crippen LogP contribution in [0.1, 0.15) is 34.7 Å². The van der Waals surface area contributed by atoms with Crippen LogP contribution in [0.15, 0.2) is 41.3 Å². The maximum atomic E-state index is 12.6. The molecule has 23 heavy (non-hydrogen) atoms. The van der Waals surface area contributed by atoms with E-state index in [9.17, 15) is 8.42 Å². The van der Waals surface area contributed by atoms with E-state index in [0.29, 0.717) is 0 Å². The number of hydrogen-bond donors (Lipinski definition) is 1. The van der Waals surface area contributed by atoms with E-state index < -0.39 is 10.0 Å². The smallest absolute Gasteiger partial charge is 0.207 e. The molecule has 0 fully saturated rings. The first-order valence-corrected chi connectivity index (χ1v) is 9.08. The third-order valence-electron chi connectivity index (χ3n) is 4.04. The van der Waals surface area contributed by atoms with Gasteiger partial charge in [-0.3, -0.25) is 0 Å². The molecule has 6 heteroatoms. The number of nitrogens with one attached hydrogen (secondary N) is 1. The Hall–Kier alpha value is -1.87. The largest absolute Gasteiger partial charge is 0.241 e. The van der Waals surface area contributed by atoms with Crippen molar-refractivity contribution in [1.29, 1.82) is 5.26 Å². The van der Waals surface area contributed by atoms with Gasteiger partial charge in [-0.25, -0.2) is 13.1 Å². The molecule has 3 rings (SSSR count). The topological polar surface area (TPSA) is 70.0 Å². The zero-order valence-electron chi connectivity index (χ0n) is 12.5. The van der Waals surface area contributed by atoms with Gasteiger partial charge in [0.1, 0.15) is 6.07 Å². The van der Waals surface area contributed by atoms with Crippen LogP contribution in [0.4, 0.5) is 0 Å². The molecule has 1 atom stereocenters. The lowest BCUT2D eigenvalue weighted by molar-refractivity contribution is 0.554. The van der Waals surface area contributed by atoms with Gasteiger partial charge in [-0.05, 0) is 49.1 Å². The molecule has 0 aliphatic heterocycles. The van der Waals surface area contributed by atoms with Crippen LogP contribution in [0.3, 0.4) is 0 Å². The zero-order chi connectivity index (χ0) is 16.6. The first-order valence-electron chi connectivity index (χ1n) is 7.22. The molecule has 0 heterocycles. The quantitative estimate of drug-likeness (QED) is 0.924. The second-order valence-corrected chi connectivity index (χ2v) is 7.79. The number of halogens is 1. The minimum Gasteiger partial charge on any atom is -0.207 e. The van der Waals surface area contributed by atoms with Crippen molar-refractivity contribution in [1.82, 2.24) is 4.72 Å². The van der Waals surface area contributed by atoms with E-state index >= 15 is 0 Å². The van der Waals surface area contributed by atoms with Crippen LogP contribution in [-0.2, 0) is 16.4 Å². The van der Waals surface area contributed by atoms with E-state index in [0.717, 1.165) is 18.4 Å². The predicted molar refractivity (Wildman–Crippen MR) is 88.7 cm³/mol. The minimum absolute atomic E-state index is 0.0546. The van der Waals surface area contributed by atoms with Gasteiger partial charge in [0.05, 0.1) is 15.5 Å². The summed E-state index contributed by atoms with van der Waals surface area (Å²) in [7, 11) is -3.71. The van der Waals surface area contributed by atoms with Crippen LogP contribution in [0.2, 0.25) is 5.02 Å². The molecule has 2 aromatic rings. The third-order valence-corrected chi connectivity index (χ3v) is 5.84. The van der Waals surface area contributed by atoms with Crippen molar-refractivity contribution >= 4 is 21.6 Å². The van der Waals surface area contributed by atoms with Gasteiger partial charge < -0.3 is 0 Å². The Labute approximate surface area is 140 Å². The van der Waals surface area contributed by atoms with Crippen LogP contribution in [0.5, 0.6) is 0 Å². The number of nitrogens with zero attached hydrogens (tertiary/aromatic N) is 1. The van der Waals surface area contributed by atoms with E-state index in [-0.39, 0.29) is 21.5 Å². The van der Waals surface area contributed by atoms with Gasteiger partial charge >= 0.3 is 0 Å². The fourth-order valence-corrected chi connectivity index (χ4v) is 4.32. The zero-order valence-corrected chi connectivity index (χ0v) is 14.1. The summed E-state index contributed by atoms with van der Waals surface area (Å²) in [6.45, 7) is 2.02. The maximum Gasteiger partial charge on any atom is 0.241 e. The monoisotopic (exact) mass is 346 g/mol. The van der Waals surface area contributed by atoms with Crippen LogP contribution in [0, 0.1) is 18.3 Å². The van der Waals surface area contributed by atoms with Crippen molar-refractivity contribution in [2.24, 2.45) is 0 Å². The van der Waals surface area contributed by atoms with E-state index in [4.69, 9.17) is 16.9 Å². The Kier molecular flexibility index (Phi) is 4.15. The summed E-state index contributed by atoms with van der Waals surface area (Å²) in [4.78, 5) is 0.0546. The molecule has 1 unspecified atom stereocenters. The number of nitriles is 1. The van der Waals surface area contributed by atoms with Crippen LogP contribution in [0.25, 0.3) is 0 Å². The summed E-state index contributed by atoms with van der Waals surface area (Å²) in [5, 5.41) is 9.24. The number of hydrogen-bond acceptors (Lipinski definition) is 3. The van der Waals surface area contributed by atoms with E-state index in [1.54, 1.807) is 0 Å². The van der Waals surface area contributed by atoms with Crippen molar-refractivity contribution in [2.45, 2.75) is 30.7 Å². The lowest BCUT2D eigenvalue weighted by Gasteiger charge is -2.15. The number of aryl methyl sites for hydroxylation is 2. The normalized spacial score (nSPS) is 16.8. The lowest BCUT2D eigenvalue weighted by atomic mass is 10.1. The molecule has 0 saturated heterocycles. The van der Waals surface area contributed by atoms with Crippen LogP contribution in [-0.4, -0.2) is 8.42 Å². The standard InChI is InChI=1S/C17H15ClN2O2S/c1-11-2-5-15-12(8-11)3-7-17(15)20-23(21,22)14-4-6-16(18)13(9-14)10-19/h2,4-6,8-9,17,20H,3,7H2,1H3.